The van der Waals surface area contributed by atoms with E-state index in [9.17, 15) is 9.90 Å². The Kier molecular flexibility index (Phi) is 8.32. The zero-order valence-electron chi connectivity index (χ0n) is 11.8. The fourth-order valence-corrected chi connectivity index (χ4v) is 2.15. The first kappa shape index (κ1) is 17.5. The van der Waals surface area contributed by atoms with Crippen molar-refractivity contribution in [3.8, 4) is 0 Å². The summed E-state index contributed by atoms with van der Waals surface area (Å²) in [5.74, 6) is -0.970. The van der Waals surface area contributed by atoms with Crippen LogP contribution in [0, 0.1) is 13.8 Å². The Morgan fingerprint density at radius 1 is 1.28 bits per heavy atom. The molecule has 0 bridgehead atoms. The SMILES string of the molecule is CCN(CCCC(=O)[O-])c1c(C)cccc1C.[Na+]. The van der Waals surface area contributed by atoms with Crippen molar-refractivity contribution >= 4 is 11.7 Å². The smallest absolute Gasteiger partial charge is 0.550 e. The van der Waals surface area contributed by atoms with Gasteiger partial charge in [0.2, 0.25) is 0 Å². The van der Waals surface area contributed by atoms with Gasteiger partial charge in [0.25, 0.3) is 0 Å². The minimum Gasteiger partial charge on any atom is -0.550 e. The third kappa shape index (κ3) is 5.01. The number of para-hydroxylation sites is 1. The molecule has 0 aromatic heterocycles. The van der Waals surface area contributed by atoms with Crippen molar-refractivity contribution in [1.82, 2.24) is 0 Å². The molecular formula is C14H20NNaO2. The van der Waals surface area contributed by atoms with Crippen LogP contribution in [0.4, 0.5) is 5.69 Å². The predicted molar refractivity (Wildman–Crippen MR) is 68.0 cm³/mol. The molecule has 1 aromatic carbocycles. The van der Waals surface area contributed by atoms with E-state index in [2.05, 4.69) is 37.8 Å². The van der Waals surface area contributed by atoms with Gasteiger partial charge in [-0.1, -0.05) is 18.2 Å². The molecule has 0 spiro atoms. The van der Waals surface area contributed by atoms with Crippen molar-refractivity contribution in [2.45, 2.75) is 33.6 Å². The standard InChI is InChI=1S/C14H21NO2.Na/c1-4-15(10-6-9-13(16)17)14-11(2)7-5-8-12(14)3;/h5,7-8H,4,6,9-10H2,1-3H3,(H,16,17);/q;+1/p-1. The van der Waals surface area contributed by atoms with E-state index in [1.807, 2.05) is 6.07 Å². The molecule has 0 aliphatic rings. The molecule has 4 heteroatoms. The van der Waals surface area contributed by atoms with Crippen LogP contribution in [-0.4, -0.2) is 19.1 Å². The van der Waals surface area contributed by atoms with E-state index in [4.69, 9.17) is 0 Å². The van der Waals surface area contributed by atoms with Gasteiger partial charge in [-0.2, -0.15) is 0 Å². The molecule has 0 amide bonds. The summed E-state index contributed by atoms with van der Waals surface area (Å²) in [6, 6.07) is 6.22. The third-order valence-electron chi connectivity index (χ3n) is 2.95. The van der Waals surface area contributed by atoms with Crippen LogP contribution >= 0.6 is 0 Å². The Labute approximate surface area is 131 Å². The van der Waals surface area contributed by atoms with Crippen LogP contribution in [0.5, 0.6) is 0 Å². The summed E-state index contributed by atoms with van der Waals surface area (Å²) in [6.45, 7) is 7.91. The molecule has 0 aliphatic heterocycles. The quantitative estimate of drug-likeness (QED) is 0.593. The van der Waals surface area contributed by atoms with Crippen molar-refractivity contribution in [3.63, 3.8) is 0 Å². The molecule has 0 unspecified atom stereocenters. The molecule has 0 aliphatic carbocycles. The van der Waals surface area contributed by atoms with E-state index in [0.717, 1.165) is 13.1 Å². The van der Waals surface area contributed by atoms with Crippen molar-refractivity contribution in [2.75, 3.05) is 18.0 Å². The summed E-state index contributed by atoms with van der Waals surface area (Å²) < 4.78 is 0. The first-order chi connectivity index (χ1) is 8.06. The fourth-order valence-electron chi connectivity index (χ4n) is 2.15. The monoisotopic (exact) mass is 257 g/mol. The molecule has 0 N–H and O–H groups in total. The van der Waals surface area contributed by atoms with E-state index >= 15 is 0 Å². The Morgan fingerprint density at radius 2 is 1.83 bits per heavy atom. The van der Waals surface area contributed by atoms with E-state index in [0.29, 0.717) is 6.42 Å². The maximum absolute atomic E-state index is 10.4. The van der Waals surface area contributed by atoms with Crippen LogP contribution < -0.4 is 39.6 Å². The first-order valence-electron chi connectivity index (χ1n) is 6.07. The summed E-state index contributed by atoms with van der Waals surface area (Å²) in [7, 11) is 0. The van der Waals surface area contributed by atoms with Crippen LogP contribution in [0.1, 0.15) is 30.9 Å². The molecule has 0 saturated carbocycles. The van der Waals surface area contributed by atoms with Gasteiger partial charge in [-0.15, -0.1) is 0 Å². The molecule has 3 nitrogen and oxygen atoms in total. The van der Waals surface area contributed by atoms with Crippen LogP contribution in [0.3, 0.4) is 0 Å². The normalized spacial score (nSPS) is 9.72. The van der Waals surface area contributed by atoms with Gasteiger partial charge in [-0.05, 0) is 44.7 Å². The number of carboxylic acid groups (broad SMARTS) is 1. The number of aryl methyl sites for hydroxylation is 2. The average Bonchev–Trinajstić information content (AvgIpc) is 2.26. The molecule has 18 heavy (non-hydrogen) atoms. The Bertz CT molecular complexity index is 373. The summed E-state index contributed by atoms with van der Waals surface area (Å²) in [4.78, 5) is 12.6. The predicted octanol–water partition coefficient (Wildman–Crippen LogP) is -1.34. The van der Waals surface area contributed by atoms with Crippen molar-refractivity contribution in [3.05, 3.63) is 29.3 Å². The molecule has 0 radical (unpaired) electrons. The summed E-state index contributed by atoms with van der Waals surface area (Å²) in [5.41, 5.74) is 3.70. The van der Waals surface area contributed by atoms with Gasteiger partial charge in [-0.3, -0.25) is 0 Å². The molecule has 0 fully saturated rings. The molecular weight excluding hydrogens is 237 g/mol. The van der Waals surface area contributed by atoms with Crippen LogP contribution in [0.25, 0.3) is 0 Å². The minimum atomic E-state index is -0.970. The average molecular weight is 257 g/mol. The number of nitrogens with zero attached hydrogens (tertiary/aromatic N) is 1. The number of rotatable bonds is 6. The second-order valence-electron chi connectivity index (χ2n) is 4.30. The third-order valence-corrected chi connectivity index (χ3v) is 2.95. The van der Waals surface area contributed by atoms with Gasteiger partial charge < -0.3 is 14.8 Å². The molecule has 94 valence electrons. The topological polar surface area (TPSA) is 43.4 Å². The van der Waals surface area contributed by atoms with Gasteiger partial charge in [0.15, 0.2) is 0 Å². The molecule has 0 heterocycles. The van der Waals surface area contributed by atoms with Gasteiger partial charge in [-0.25, -0.2) is 0 Å². The Morgan fingerprint density at radius 3 is 2.28 bits per heavy atom. The maximum Gasteiger partial charge on any atom is 1.00 e. The maximum atomic E-state index is 10.4. The number of carbonyl (C=O) groups is 1. The summed E-state index contributed by atoms with van der Waals surface area (Å²) in [6.07, 6.45) is 0.755. The van der Waals surface area contributed by atoms with Gasteiger partial charge >= 0.3 is 29.6 Å². The van der Waals surface area contributed by atoms with Crippen LogP contribution in [0.2, 0.25) is 0 Å². The van der Waals surface area contributed by atoms with E-state index in [1.54, 1.807) is 0 Å². The van der Waals surface area contributed by atoms with E-state index in [1.165, 1.54) is 16.8 Å². The number of hydrogen-bond acceptors (Lipinski definition) is 3. The van der Waals surface area contributed by atoms with Crippen molar-refractivity contribution in [2.24, 2.45) is 0 Å². The minimum absolute atomic E-state index is 0. The van der Waals surface area contributed by atoms with Crippen LogP contribution in [-0.2, 0) is 4.79 Å². The largest absolute Gasteiger partial charge is 1.00 e. The zero-order valence-corrected chi connectivity index (χ0v) is 13.8. The molecule has 1 aromatic rings. The second kappa shape index (κ2) is 8.57. The molecule has 0 atom stereocenters. The van der Waals surface area contributed by atoms with Gasteiger partial charge in [0, 0.05) is 24.7 Å². The summed E-state index contributed by atoms with van der Waals surface area (Å²) >= 11 is 0. The number of hydrogen-bond donors (Lipinski definition) is 0. The Balaban J connectivity index is 0.00000289. The Hall–Kier alpha value is -0.510. The van der Waals surface area contributed by atoms with Crippen molar-refractivity contribution < 1.29 is 39.5 Å². The summed E-state index contributed by atoms with van der Waals surface area (Å²) in [5, 5.41) is 10.4. The van der Waals surface area contributed by atoms with Crippen LogP contribution in [0.15, 0.2) is 18.2 Å². The second-order valence-corrected chi connectivity index (χ2v) is 4.30. The van der Waals surface area contributed by atoms with Gasteiger partial charge in [0.05, 0.1) is 0 Å². The molecule has 0 saturated heterocycles. The fraction of sp³-hybridized carbons (Fsp3) is 0.500. The number of aliphatic carboxylic acids is 1. The van der Waals surface area contributed by atoms with E-state index in [-0.39, 0.29) is 36.0 Å². The number of anilines is 1. The number of carboxylic acids is 1. The number of benzene rings is 1. The zero-order chi connectivity index (χ0) is 12.8. The van der Waals surface area contributed by atoms with Crippen molar-refractivity contribution in [1.29, 1.82) is 0 Å². The molecule has 1 rings (SSSR count). The van der Waals surface area contributed by atoms with Gasteiger partial charge in [0.1, 0.15) is 0 Å². The number of carbonyl (C=O) groups excluding carboxylic acids is 1. The van der Waals surface area contributed by atoms with E-state index < -0.39 is 5.97 Å². The first-order valence-corrected chi connectivity index (χ1v) is 6.07.